The van der Waals surface area contributed by atoms with Gasteiger partial charge < -0.3 is 9.72 Å². The fraction of sp³-hybridized carbons (Fsp3) is 0.286. The number of carbonyl (C=O) groups excluding carboxylic acids is 1. The van der Waals surface area contributed by atoms with Crippen molar-refractivity contribution >= 4 is 11.9 Å². The topological polar surface area (TPSA) is 67.0 Å². The Balaban J connectivity index is 1.80. The molecule has 0 saturated carbocycles. The normalized spacial score (nSPS) is 10.2. The molecule has 0 aliphatic rings. The van der Waals surface area contributed by atoms with Crippen molar-refractivity contribution in [3.05, 3.63) is 41.7 Å². The SMILES string of the molecule is Cc1ccc(C)c(OCCC(=O)Nc2ncc[nH]2)c1. The molecule has 19 heavy (non-hydrogen) atoms. The molecular weight excluding hydrogens is 242 g/mol. The summed E-state index contributed by atoms with van der Waals surface area (Å²) in [5.41, 5.74) is 2.21. The van der Waals surface area contributed by atoms with Crippen LogP contribution >= 0.6 is 0 Å². The number of aryl methyl sites for hydroxylation is 2. The lowest BCUT2D eigenvalue weighted by Gasteiger charge is -2.09. The van der Waals surface area contributed by atoms with Crippen LogP contribution in [0, 0.1) is 13.8 Å². The van der Waals surface area contributed by atoms with Crippen LogP contribution in [-0.4, -0.2) is 22.5 Å². The van der Waals surface area contributed by atoms with E-state index in [0.29, 0.717) is 12.6 Å². The molecule has 0 aliphatic heterocycles. The highest BCUT2D eigenvalue weighted by Gasteiger charge is 2.05. The van der Waals surface area contributed by atoms with Crippen molar-refractivity contribution in [3.8, 4) is 5.75 Å². The van der Waals surface area contributed by atoms with Crippen LogP contribution in [0.5, 0.6) is 5.75 Å². The first kappa shape index (κ1) is 13.1. The highest BCUT2D eigenvalue weighted by Crippen LogP contribution is 2.19. The van der Waals surface area contributed by atoms with Crippen molar-refractivity contribution in [1.29, 1.82) is 0 Å². The summed E-state index contributed by atoms with van der Waals surface area (Å²) in [6, 6.07) is 6.01. The first-order valence-corrected chi connectivity index (χ1v) is 6.14. The Kier molecular flexibility index (Phi) is 4.18. The van der Waals surface area contributed by atoms with E-state index in [0.717, 1.165) is 16.9 Å². The van der Waals surface area contributed by atoms with E-state index in [1.165, 1.54) is 0 Å². The average Bonchev–Trinajstić information content (AvgIpc) is 2.86. The minimum atomic E-state index is -0.125. The first-order valence-electron chi connectivity index (χ1n) is 6.14. The van der Waals surface area contributed by atoms with E-state index in [1.807, 2.05) is 32.0 Å². The number of nitrogens with zero attached hydrogens (tertiary/aromatic N) is 1. The summed E-state index contributed by atoms with van der Waals surface area (Å²) in [5, 5.41) is 2.65. The molecule has 0 spiro atoms. The number of hydrogen-bond donors (Lipinski definition) is 2. The number of hydrogen-bond acceptors (Lipinski definition) is 3. The fourth-order valence-corrected chi connectivity index (χ4v) is 1.64. The maximum Gasteiger partial charge on any atom is 0.230 e. The average molecular weight is 259 g/mol. The number of carbonyl (C=O) groups is 1. The lowest BCUT2D eigenvalue weighted by molar-refractivity contribution is -0.116. The second kappa shape index (κ2) is 6.04. The van der Waals surface area contributed by atoms with E-state index in [4.69, 9.17) is 4.74 Å². The molecule has 0 atom stereocenters. The largest absolute Gasteiger partial charge is 0.493 e. The van der Waals surface area contributed by atoms with Gasteiger partial charge in [0.15, 0.2) is 0 Å². The molecule has 1 aromatic carbocycles. The van der Waals surface area contributed by atoms with E-state index >= 15 is 0 Å². The van der Waals surface area contributed by atoms with E-state index < -0.39 is 0 Å². The van der Waals surface area contributed by atoms with Gasteiger partial charge in [0.25, 0.3) is 0 Å². The number of rotatable bonds is 5. The van der Waals surface area contributed by atoms with Crippen LogP contribution in [0.3, 0.4) is 0 Å². The first-order chi connectivity index (χ1) is 9.15. The van der Waals surface area contributed by atoms with Crippen LogP contribution in [0.1, 0.15) is 17.5 Å². The smallest absolute Gasteiger partial charge is 0.230 e. The summed E-state index contributed by atoms with van der Waals surface area (Å²) in [4.78, 5) is 18.3. The molecule has 0 radical (unpaired) electrons. The zero-order valence-corrected chi connectivity index (χ0v) is 11.1. The summed E-state index contributed by atoms with van der Waals surface area (Å²) in [5.74, 6) is 1.16. The van der Waals surface area contributed by atoms with E-state index in [1.54, 1.807) is 12.4 Å². The number of anilines is 1. The highest BCUT2D eigenvalue weighted by molar-refractivity contribution is 5.88. The lowest BCUT2D eigenvalue weighted by atomic mass is 10.1. The molecule has 0 saturated heterocycles. The maximum atomic E-state index is 11.6. The molecule has 2 aromatic rings. The van der Waals surface area contributed by atoms with Gasteiger partial charge in [-0.25, -0.2) is 4.98 Å². The monoisotopic (exact) mass is 259 g/mol. The molecule has 100 valence electrons. The summed E-state index contributed by atoms with van der Waals surface area (Å²) >= 11 is 0. The Morgan fingerprint density at radius 1 is 1.42 bits per heavy atom. The van der Waals surface area contributed by atoms with Gasteiger partial charge >= 0.3 is 0 Å². The van der Waals surface area contributed by atoms with Crippen molar-refractivity contribution in [2.45, 2.75) is 20.3 Å². The van der Waals surface area contributed by atoms with Gasteiger partial charge in [-0.15, -0.1) is 0 Å². The standard InChI is InChI=1S/C14H17N3O2/c1-10-3-4-11(2)12(9-10)19-8-5-13(18)17-14-15-6-7-16-14/h3-4,6-7,9H,5,8H2,1-2H3,(H2,15,16,17,18). The van der Waals surface area contributed by atoms with Gasteiger partial charge in [-0.2, -0.15) is 0 Å². The summed E-state index contributed by atoms with van der Waals surface area (Å²) in [7, 11) is 0. The predicted octanol–water partition coefficient (Wildman–Crippen LogP) is 2.43. The number of ether oxygens (including phenoxy) is 1. The Bertz CT molecular complexity index is 550. The quantitative estimate of drug-likeness (QED) is 0.866. The van der Waals surface area contributed by atoms with E-state index in [2.05, 4.69) is 15.3 Å². The predicted molar refractivity (Wildman–Crippen MR) is 73.2 cm³/mol. The summed E-state index contributed by atoms with van der Waals surface area (Å²) in [6.45, 7) is 4.34. The summed E-state index contributed by atoms with van der Waals surface area (Å²) < 4.78 is 5.62. The third-order valence-electron chi connectivity index (χ3n) is 2.69. The molecule has 0 unspecified atom stereocenters. The van der Waals surface area contributed by atoms with Crippen LogP contribution in [0.15, 0.2) is 30.6 Å². The second-order valence-corrected chi connectivity index (χ2v) is 4.35. The number of benzene rings is 1. The minimum Gasteiger partial charge on any atom is -0.493 e. The summed E-state index contributed by atoms with van der Waals surface area (Å²) in [6.07, 6.45) is 3.53. The van der Waals surface area contributed by atoms with E-state index in [9.17, 15) is 4.79 Å². The van der Waals surface area contributed by atoms with Crippen molar-refractivity contribution < 1.29 is 9.53 Å². The maximum absolute atomic E-state index is 11.6. The number of H-pyrrole nitrogens is 1. The molecule has 2 rings (SSSR count). The molecule has 5 nitrogen and oxygen atoms in total. The molecular formula is C14H17N3O2. The number of aromatic amines is 1. The Morgan fingerprint density at radius 3 is 3.00 bits per heavy atom. The van der Waals surface area contributed by atoms with Gasteiger partial charge in [0.05, 0.1) is 13.0 Å². The minimum absolute atomic E-state index is 0.125. The van der Waals surface area contributed by atoms with Gasteiger partial charge in [-0.05, 0) is 31.0 Å². The van der Waals surface area contributed by atoms with E-state index in [-0.39, 0.29) is 12.3 Å². The van der Waals surface area contributed by atoms with Crippen LogP contribution in [0.4, 0.5) is 5.95 Å². The Hall–Kier alpha value is -2.30. The number of nitrogens with one attached hydrogen (secondary N) is 2. The van der Waals surface area contributed by atoms with Crippen molar-refractivity contribution in [3.63, 3.8) is 0 Å². The van der Waals surface area contributed by atoms with Crippen molar-refractivity contribution in [2.75, 3.05) is 11.9 Å². The molecule has 1 heterocycles. The van der Waals surface area contributed by atoms with Crippen molar-refractivity contribution in [2.24, 2.45) is 0 Å². The molecule has 5 heteroatoms. The zero-order valence-electron chi connectivity index (χ0n) is 11.1. The lowest BCUT2D eigenvalue weighted by Crippen LogP contribution is -2.16. The van der Waals surface area contributed by atoms with Crippen LogP contribution in [-0.2, 0) is 4.79 Å². The van der Waals surface area contributed by atoms with Gasteiger partial charge in [0, 0.05) is 12.4 Å². The van der Waals surface area contributed by atoms with Crippen LogP contribution in [0.2, 0.25) is 0 Å². The van der Waals surface area contributed by atoms with Gasteiger partial charge in [0.2, 0.25) is 11.9 Å². The molecule has 1 amide bonds. The van der Waals surface area contributed by atoms with Gasteiger partial charge in [-0.1, -0.05) is 12.1 Å². The van der Waals surface area contributed by atoms with Gasteiger partial charge in [-0.3, -0.25) is 10.1 Å². The van der Waals surface area contributed by atoms with Crippen molar-refractivity contribution in [1.82, 2.24) is 9.97 Å². The molecule has 0 bridgehead atoms. The number of amides is 1. The number of aromatic nitrogens is 2. The second-order valence-electron chi connectivity index (χ2n) is 4.35. The molecule has 1 aromatic heterocycles. The third kappa shape index (κ3) is 3.84. The Morgan fingerprint density at radius 2 is 2.26 bits per heavy atom. The van der Waals surface area contributed by atoms with Crippen LogP contribution in [0.25, 0.3) is 0 Å². The molecule has 2 N–H and O–H groups in total. The fourth-order valence-electron chi connectivity index (χ4n) is 1.64. The third-order valence-corrected chi connectivity index (χ3v) is 2.69. The highest BCUT2D eigenvalue weighted by atomic mass is 16.5. The molecule has 0 fully saturated rings. The van der Waals surface area contributed by atoms with Crippen LogP contribution < -0.4 is 10.1 Å². The zero-order chi connectivity index (χ0) is 13.7. The number of imidazole rings is 1. The molecule has 0 aliphatic carbocycles. The Labute approximate surface area is 112 Å². The van der Waals surface area contributed by atoms with Gasteiger partial charge in [0.1, 0.15) is 5.75 Å².